The fraction of sp³-hybridized carbons (Fsp3) is 0.0909. The van der Waals surface area contributed by atoms with Crippen LogP contribution in [0.1, 0.15) is 24.2 Å². The molecule has 7 nitrogen and oxygen atoms in total. The molecule has 1 atom stereocenters. The average molecular weight is 453 g/mol. The highest BCUT2D eigenvalue weighted by Gasteiger charge is 2.22. The molecular weight excluding hydrogens is 438 g/mol. The Bertz CT molecular complexity index is 1460. The number of nitrogen functional groups attached to an aromatic ring is 1. The van der Waals surface area contributed by atoms with Gasteiger partial charge in [0.15, 0.2) is 11.6 Å². The van der Waals surface area contributed by atoms with Crippen molar-refractivity contribution in [1.29, 1.82) is 5.26 Å². The van der Waals surface area contributed by atoms with Gasteiger partial charge >= 0.3 is 0 Å². The molecule has 0 aliphatic rings. The van der Waals surface area contributed by atoms with Crippen molar-refractivity contribution in [2.24, 2.45) is 0 Å². The summed E-state index contributed by atoms with van der Waals surface area (Å²) in [4.78, 5) is 21.2. The Morgan fingerprint density at radius 3 is 2.75 bits per heavy atom. The standard InChI is InChI=1S/C22H15ClF2N6O/c1-11(29-20-13(9-26)10-28-22(27)30-20)17-8-12-4-2-5-14(23)18(12)21(32)31(17)16-7-3-6-15(24)19(16)25/h2-8,10-11H,1H3,(H3,27,28,29,30). The molecule has 32 heavy (non-hydrogen) atoms. The number of anilines is 2. The maximum absolute atomic E-state index is 14.7. The quantitative estimate of drug-likeness (QED) is 0.476. The zero-order chi connectivity index (χ0) is 23.0. The molecule has 3 N–H and O–H groups in total. The predicted octanol–water partition coefficient (Wildman–Crippen LogP) is 4.34. The van der Waals surface area contributed by atoms with Crippen molar-refractivity contribution in [1.82, 2.24) is 14.5 Å². The first-order valence-corrected chi connectivity index (χ1v) is 9.77. The second-order valence-electron chi connectivity index (χ2n) is 6.96. The number of hydrogen-bond donors (Lipinski definition) is 2. The van der Waals surface area contributed by atoms with Gasteiger partial charge in [-0.25, -0.2) is 13.8 Å². The van der Waals surface area contributed by atoms with Crippen LogP contribution in [0.3, 0.4) is 0 Å². The van der Waals surface area contributed by atoms with Crippen molar-refractivity contribution in [2.45, 2.75) is 13.0 Å². The lowest BCUT2D eigenvalue weighted by Crippen LogP contribution is -2.27. The third-order valence-electron chi connectivity index (χ3n) is 4.92. The van der Waals surface area contributed by atoms with Gasteiger partial charge in [-0.15, -0.1) is 0 Å². The minimum atomic E-state index is -1.18. The summed E-state index contributed by atoms with van der Waals surface area (Å²) >= 11 is 6.25. The monoisotopic (exact) mass is 452 g/mol. The number of nitrogens with two attached hydrogens (primary N) is 1. The summed E-state index contributed by atoms with van der Waals surface area (Å²) < 4.78 is 29.8. The number of nitrogens with zero attached hydrogens (tertiary/aromatic N) is 4. The molecule has 0 spiro atoms. The predicted molar refractivity (Wildman–Crippen MR) is 118 cm³/mol. The molecule has 2 aromatic carbocycles. The Hall–Kier alpha value is -4.03. The van der Waals surface area contributed by atoms with Crippen molar-refractivity contribution in [2.75, 3.05) is 11.1 Å². The topological polar surface area (TPSA) is 110 Å². The van der Waals surface area contributed by atoms with Gasteiger partial charge in [-0.05, 0) is 36.6 Å². The molecule has 0 radical (unpaired) electrons. The molecule has 2 aromatic heterocycles. The van der Waals surface area contributed by atoms with Crippen molar-refractivity contribution < 1.29 is 8.78 Å². The SMILES string of the molecule is CC(Nc1nc(N)ncc1C#N)c1cc2cccc(Cl)c2c(=O)n1-c1cccc(F)c1F. The van der Waals surface area contributed by atoms with Crippen LogP contribution in [0.25, 0.3) is 16.5 Å². The number of benzene rings is 2. The van der Waals surface area contributed by atoms with Gasteiger partial charge in [0.1, 0.15) is 17.5 Å². The van der Waals surface area contributed by atoms with Crippen molar-refractivity contribution in [3.63, 3.8) is 0 Å². The van der Waals surface area contributed by atoms with E-state index in [-0.39, 0.29) is 39.1 Å². The summed E-state index contributed by atoms with van der Waals surface area (Å²) in [5.74, 6) is -2.20. The van der Waals surface area contributed by atoms with Gasteiger partial charge < -0.3 is 11.1 Å². The van der Waals surface area contributed by atoms with Gasteiger partial charge in [0.05, 0.1) is 28.3 Å². The van der Waals surface area contributed by atoms with E-state index >= 15 is 0 Å². The van der Waals surface area contributed by atoms with Crippen LogP contribution in [0.2, 0.25) is 5.02 Å². The second kappa shape index (κ2) is 8.24. The fourth-order valence-electron chi connectivity index (χ4n) is 3.44. The molecule has 4 aromatic rings. The zero-order valence-corrected chi connectivity index (χ0v) is 17.4. The summed E-state index contributed by atoms with van der Waals surface area (Å²) in [6.45, 7) is 1.68. The lowest BCUT2D eigenvalue weighted by atomic mass is 10.1. The van der Waals surface area contributed by atoms with E-state index < -0.39 is 23.2 Å². The maximum Gasteiger partial charge on any atom is 0.264 e. The Kier molecular flexibility index (Phi) is 5.47. The lowest BCUT2D eigenvalue weighted by Gasteiger charge is -2.22. The molecule has 2 heterocycles. The largest absolute Gasteiger partial charge is 0.368 e. The van der Waals surface area contributed by atoms with Crippen LogP contribution in [0.15, 0.2) is 53.5 Å². The van der Waals surface area contributed by atoms with Crippen LogP contribution in [-0.4, -0.2) is 14.5 Å². The van der Waals surface area contributed by atoms with Gasteiger partial charge in [-0.3, -0.25) is 9.36 Å². The van der Waals surface area contributed by atoms with Crippen molar-refractivity contribution in [3.05, 3.63) is 86.9 Å². The molecule has 0 saturated carbocycles. The molecule has 1 unspecified atom stereocenters. The van der Waals surface area contributed by atoms with Crippen molar-refractivity contribution >= 4 is 34.1 Å². The van der Waals surface area contributed by atoms with Gasteiger partial charge in [-0.1, -0.05) is 29.8 Å². The molecule has 0 aliphatic heterocycles. The molecule has 4 rings (SSSR count). The van der Waals surface area contributed by atoms with Gasteiger partial charge in [-0.2, -0.15) is 10.2 Å². The lowest BCUT2D eigenvalue weighted by molar-refractivity contribution is 0.502. The first kappa shape index (κ1) is 21.2. The van der Waals surface area contributed by atoms with E-state index in [4.69, 9.17) is 17.3 Å². The number of fused-ring (bicyclic) bond motifs is 1. The first-order valence-electron chi connectivity index (χ1n) is 9.39. The average Bonchev–Trinajstić information content (AvgIpc) is 2.76. The molecule has 10 heteroatoms. The molecular formula is C22H15ClF2N6O. The molecule has 0 saturated heterocycles. The zero-order valence-electron chi connectivity index (χ0n) is 16.6. The van der Waals surface area contributed by atoms with Crippen LogP contribution in [-0.2, 0) is 0 Å². The van der Waals surface area contributed by atoms with E-state index in [1.807, 2.05) is 6.07 Å². The van der Waals surface area contributed by atoms with E-state index in [9.17, 15) is 18.8 Å². The highest BCUT2D eigenvalue weighted by molar-refractivity contribution is 6.35. The minimum Gasteiger partial charge on any atom is -0.368 e. The third kappa shape index (κ3) is 3.61. The van der Waals surface area contributed by atoms with Gasteiger partial charge in [0.25, 0.3) is 5.56 Å². The van der Waals surface area contributed by atoms with E-state index in [1.165, 1.54) is 18.3 Å². The number of pyridine rings is 1. The van der Waals surface area contributed by atoms with E-state index in [1.54, 1.807) is 31.2 Å². The summed E-state index contributed by atoms with van der Waals surface area (Å²) in [7, 11) is 0. The summed E-state index contributed by atoms with van der Waals surface area (Å²) in [6.07, 6.45) is 1.26. The maximum atomic E-state index is 14.7. The van der Waals surface area contributed by atoms with E-state index in [0.29, 0.717) is 5.39 Å². The van der Waals surface area contributed by atoms with Crippen LogP contribution in [0, 0.1) is 23.0 Å². The highest BCUT2D eigenvalue weighted by Crippen LogP contribution is 2.28. The fourth-order valence-corrected chi connectivity index (χ4v) is 3.70. The molecule has 160 valence electrons. The summed E-state index contributed by atoms with van der Waals surface area (Å²) in [5.41, 5.74) is 5.15. The Morgan fingerprint density at radius 2 is 2.00 bits per heavy atom. The van der Waals surface area contributed by atoms with Crippen LogP contribution in [0.5, 0.6) is 0 Å². The molecule has 0 amide bonds. The van der Waals surface area contributed by atoms with E-state index in [2.05, 4.69) is 15.3 Å². The molecule has 0 aliphatic carbocycles. The second-order valence-corrected chi connectivity index (χ2v) is 7.36. The number of halogens is 3. The number of nitrogens with one attached hydrogen (secondary N) is 1. The normalized spacial score (nSPS) is 11.8. The van der Waals surface area contributed by atoms with Gasteiger partial charge in [0.2, 0.25) is 5.95 Å². The Balaban J connectivity index is 1.98. The molecule has 0 bridgehead atoms. The number of aromatic nitrogens is 3. The minimum absolute atomic E-state index is 0.0578. The first-order chi connectivity index (χ1) is 15.3. The number of hydrogen-bond acceptors (Lipinski definition) is 6. The number of nitriles is 1. The van der Waals surface area contributed by atoms with Crippen molar-refractivity contribution in [3.8, 4) is 11.8 Å². The van der Waals surface area contributed by atoms with Crippen LogP contribution >= 0.6 is 11.6 Å². The summed E-state index contributed by atoms with van der Waals surface area (Å²) in [5, 5.41) is 13.2. The molecule has 0 fully saturated rings. The number of rotatable bonds is 4. The van der Waals surface area contributed by atoms with Gasteiger partial charge in [0, 0.05) is 5.69 Å². The van der Waals surface area contributed by atoms with E-state index in [0.717, 1.165) is 10.6 Å². The Morgan fingerprint density at radius 1 is 1.25 bits per heavy atom. The third-order valence-corrected chi connectivity index (χ3v) is 5.24. The Labute approximate surface area is 185 Å². The summed E-state index contributed by atoms with van der Waals surface area (Å²) in [6, 6.07) is 11.4. The smallest absolute Gasteiger partial charge is 0.264 e. The van der Waals surface area contributed by atoms with Crippen LogP contribution in [0.4, 0.5) is 20.5 Å². The highest BCUT2D eigenvalue weighted by atomic mass is 35.5. The van der Waals surface area contributed by atoms with Crippen LogP contribution < -0.4 is 16.6 Å².